The number of hydrogen-bond donors (Lipinski definition) is 3. The van der Waals surface area contributed by atoms with Gasteiger partial charge in [-0.25, -0.2) is 17.2 Å². The molecular weight excluding hydrogens is 540 g/mol. The van der Waals surface area contributed by atoms with Crippen molar-refractivity contribution >= 4 is 33.0 Å². The van der Waals surface area contributed by atoms with Crippen LogP contribution in [0.25, 0.3) is 0 Å². The Morgan fingerprint density at radius 3 is 2.45 bits per heavy atom. The average Bonchev–Trinajstić information content (AvgIpc) is 3.34. The van der Waals surface area contributed by atoms with Gasteiger partial charge in [0.05, 0.1) is 21.4 Å². The number of hydrogen-bond acceptors (Lipinski definition) is 6. The fourth-order valence-corrected chi connectivity index (χ4v) is 8.31. The van der Waals surface area contributed by atoms with E-state index < -0.39 is 56.2 Å². The molecule has 1 amide bonds. The van der Waals surface area contributed by atoms with Crippen LogP contribution in [-0.2, 0) is 16.9 Å². The van der Waals surface area contributed by atoms with Gasteiger partial charge in [-0.1, -0.05) is 11.6 Å². The normalized spacial score (nSPS) is 25.8. The summed E-state index contributed by atoms with van der Waals surface area (Å²) in [4.78, 5) is 12.5. The Kier molecular flexibility index (Phi) is 6.83. The Bertz CT molecular complexity index is 1500. The summed E-state index contributed by atoms with van der Waals surface area (Å²) in [6.45, 7) is 0. The number of carbonyl (C=O) groups is 1. The third-order valence-electron chi connectivity index (χ3n) is 7.86. The molecule has 3 unspecified atom stereocenters. The number of aromatic nitrogens is 2. The van der Waals surface area contributed by atoms with Crippen LogP contribution in [-0.4, -0.2) is 45.2 Å². The summed E-state index contributed by atoms with van der Waals surface area (Å²) in [5.74, 6) is -3.85. The molecule has 8 nitrogen and oxygen atoms in total. The van der Waals surface area contributed by atoms with Crippen molar-refractivity contribution < 1.29 is 32.2 Å². The Morgan fingerprint density at radius 1 is 1.16 bits per heavy atom. The number of anilines is 1. The lowest BCUT2D eigenvalue weighted by Gasteiger charge is -2.45. The predicted octanol–water partition coefficient (Wildman–Crippen LogP) is 4.03. The standard InChI is InChI=1S/C26H26ClF2N3O5S/c1-32-13-15(12-30-32)24(33)26(35)16-3-4-17(26)10-19(9-16)38(36,37)23-8-14(2-6-20(23)27)25(34)31-18-5-7-21(28)22(29)11-18/h2,5-8,11-13,16-17,19,24,33,35H,3-4,9-10H2,1H3,(H,31,34)/t16?,17?,19-,24?,26-. The Hall–Kier alpha value is -2.86. The van der Waals surface area contributed by atoms with Crippen molar-refractivity contribution in [3.8, 4) is 0 Å². The maximum Gasteiger partial charge on any atom is 0.255 e. The highest BCUT2D eigenvalue weighted by Crippen LogP contribution is 2.56. The zero-order valence-electron chi connectivity index (χ0n) is 20.3. The van der Waals surface area contributed by atoms with Crippen LogP contribution >= 0.6 is 11.6 Å². The zero-order valence-corrected chi connectivity index (χ0v) is 21.9. The van der Waals surface area contributed by atoms with Gasteiger partial charge in [0.2, 0.25) is 0 Å². The molecule has 0 spiro atoms. The topological polar surface area (TPSA) is 122 Å². The van der Waals surface area contributed by atoms with E-state index in [0.717, 1.165) is 12.1 Å². The smallest absolute Gasteiger partial charge is 0.255 e. The van der Waals surface area contributed by atoms with Gasteiger partial charge in [0.1, 0.15) is 11.7 Å². The van der Waals surface area contributed by atoms with Crippen LogP contribution in [0.2, 0.25) is 5.02 Å². The van der Waals surface area contributed by atoms with E-state index in [1.165, 1.54) is 35.1 Å². The van der Waals surface area contributed by atoms with E-state index in [-0.39, 0.29) is 34.0 Å². The summed E-state index contributed by atoms with van der Waals surface area (Å²) in [5.41, 5.74) is -1.04. The number of aliphatic hydroxyl groups excluding tert-OH is 1. The SMILES string of the molecule is Cn1cc(C(O)[C@]2(O)C3CCC2C[C@@H](S(=O)(=O)c2cc(C(=O)Nc4ccc(F)c(F)c4)ccc2Cl)C3)cn1. The molecule has 5 rings (SSSR count). The third kappa shape index (κ3) is 4.51. The van der Waals surface area contributed by atoms with Crippen LogP contribution < -0.4 is 5.32 Å². The van der Waals surface area contributed by atoms with Gasteiger partial charge in [0.25, 0.3) is 5.91 Å². The molecule has 1 heterocycles. The van der Waals surface area contributed by atoms with Crippen LogP contribution in [0.5, 0.6) is 0 Å². The molecule has 0 aliphatic heterocycles. The van der Waals surface area contributed by atoms with E-state index in [2.05, 4.69) is 10.4 Å². The highest BCUT2D eigenvalue weighted by Gasteiger charge is 2.59. The number of fused-ring (bicyclic) bond motifs is 2. The number of aryl methyl sites for hydroxylation is 1. The summed E-state index contributed by atoms with van der Waals surface area (Å²) in [7, 11) is -2.32. The van der Waals surface area contributed by atoms with Gasteiger partial charge in [0.15, 0.2) is 21.5 Å². The van der Waals surface area contributed by atoms with Crippen LogP contribution in [0.3, 0.4) is 0 Å². The zero-order chi connectivity index (χ0) is 27.4. The number of carbonyl (C=O) groups excluding carboxylic acids is 1. The summed E-state index contributed by atoms with van der Waals surface area (Å²) in [6.07, 6.45) is 3.28. The first-order valence-electron chi connectivity index (χ1n) is 12.1. The number of nitrogens with zero attached hydrogens (tertiary/aromatic N) is 2. The second kappa shape index (κ2) is 9.71. The second-order valence-corrected chi connectivity index (χ2v) is 12.7. The minimum Gasteiger partial charge on any atom is -0.386 e. The number of aliphatic hydroxyl groups is 2. The molecule has 2 bridgehead atoms. The molecule has 2 aliphatic carbocycles. The van der Waals surface area contributed by atoms with E-state index in [0.29, 0.717) is 18.4 Å². The monoisotopic (exact) mass is 565 g/mol. The van der Waals surface area contributed by atoms with Crippen LogP contribution in [0, 0.1) is 23.5 Å². The Labute approximate surface area is 223 Å². The molecule has 2 fully saturated rings. The Morgan fingerprint density at radius 2 is 1.84 bits per heavy atom. The van der Waals surface area contributed by atoms with Gasteiger partial charge in [-0.15, -0.1) is 0 Å². The first-order chi connectivity index (χ1) is 17.9. The van der Waals surface area contributed by atoms with Crippen molar-refractivity contribution in [3.63, 3.8) is 0 Å². The van der Waals surface area contributed by atoms with Crippen molar-refractivity contribution in [2.45, 2.75) is 47.5 Å². The maximum absolute atomic E-state index is 13.7. The number of amides is 1. The molecular formula is C26H26ClF2N3O5S. The summed E-state index contributed by atoms with van der Waals surface area (Å²) < 4.78 is 55.7. The van der Waals surface area contributed by atoms with Crippen molar-refractivity contribution in [2.75, 3.05) is 5.32 Å². The number of nitrogens with one attached hydrogen (secondary N) is 1. The highest BCUT2D eigenvalue weighted by molar-refractivity contribution is 7.92. The van der Waals surface area contributed by atoms with E-state index in [9.17, 15) is 32.2 Å². The molecule has 202 valence electrons. The molecule has 0 radical (unpaired) electrons. The molecule has 0 saturated heterocycles. The first-order valence-corrected chi connectivity index (χ1v) is 14.0. The quantitative estimate of drug-likeness (QED) is 0.415. The number of rotatable bonds is 6. The lowest BCUT2D eigenvalue weighted by molar-refractivity contribution is -0.144. The van der Waals surface area contributed by atoms with E-state index in [1.807, 2.05) is 0 Å². The molecule has 2 saturated carbocycles. The van der Waals surface area contributed by atoms with Crippen molar-refractivity contribution in [2.24, 2.45) is 18.9 Å². The van der Waals surface area contributed by atoms with Gasteiger partial charge in [-0.2, -0.15) is 5.10 Å². The van der Waals surface area contributed by atoms with E-state index >= 15 is 0 Å². The van der Waals surface area contributed by atoms with Crippen LogP contribution in [0.15, 0.2) is 53.7 Å². The number of benzene rings is 2. The molecule has 3 atom stereocenters. The van der Waals surface area contributed by atoms with Gasteiger partial charge in [-0.05, 0) is 67.9 Å². The molecule has 2 aromatic carbocycles. The van der Waals surface area contributed by atoms with E-state index in [4.69, 9.17) is 11.6 Å². The second-order valence-electron chi connectivity index (χ2n) is 10.1. The van der Waals surface area contributed by atoms with Crippen molar-refractivity contribution in [3.05, 3.63) is 76.6 Å². The molecule has 3 aromatic rings. The molecule has 3 N–H and O–H groups in total. The minimum absolute atomic E-state index is 0.00331. The number of sulfone groups is 1. The molecule has 2 aliphatic rings. The fraction of sp³-hybridized carbons (Fsp3) is 0.385. The molecule has 38 heavy (non-hydrogen) atoms. The average molecular weight is 566 g/mol. The largest absolute Gasteiger partial charge is 0.386 e. The highest BCUT2D eigenvalue weighted by atomic mass is 35.5. The number of halogens is 3. The first kappa shape index (κ1) is 26.7. The van der Waals surface area contributed by atoms with Crippen LogP contribution in [0.1, 0.15) is 47.7 Å². The van der Waals surface area contributed by atoms with E-state index in [1.54, 1.807) is 13.2 Å². The molecule has 1 aromatic heterocycles. The third-order valence-corrected chi connectivity index (χ3v) is 10.5. The van der Waals surface area contributed by atoms with Crippen molar-refractivity contribution in [1.29, 1.82) is 0 Å². The maximum atomic E-state index is 13.7. The van der Waals surface area contributed by atoms with Crippen molar-refractivity contribution in [1.82, 2.24) is 9.78 Å². The molecule has 12 heteroatoms. The van der Waals surface area contributed by atoms with Gasteiger partial charge >= 0.3 is 0 Å². The van der Waals surface area contributed by atoms with Crippen LogP contribution in [0.4, 0.5) is 14.5 Å². The lowest BCUT2D eigenvalue weighted by atomic mass is 9.70. The minimum atomic E-state index is -4.03. The summed E-state index contributed by atoms with van der Waals surface area (Å²) in [6, 6.07) is 6.67. The predicted molar refractivity (Wildman–Crippen MR) is 135 cm³/mol. The fourth-order valence-electron chi connectivity index (χ4n) is 5.91. The Balaban J connectivity index is 1.38. The van der Waals surface area contributed by atoms with Gasteiger partial charge < -0.3 is 15.5 Å². The summed E-state index contributed by atoms with van der Waals surface area (Å²) in [5, 5.41) is 28.2. The van der Waals surface area contributed by atoms with Gasteiger partial charge in [-0.3, -0.25) is 9.48 Å². The lowest BCUT2D eigenvalue weighted by Crippen LogP contribution is -2.52. The summed E-state index contributed by atoms with van der Waals surface area (Å²) >= 11 is 6.28. The van der Waals surface area contributed by atoms with Gasteiger partial charge in [0, 0.05) is 36.1 Å².